The van der Waals surface area contributed by atoms with Crippen molar-refractivity contribution in [2.45, 2.75) is 25.8 Å². The molecule has 0 unspecified atom stereocenters. The zero-order chi connectivity index (χ0) is 22.9. The molecule has 3 aromatic carbocycles. The van der Waals surface area contributed by atoms with E-state index in [1.54, 1.807) is 11.9 Å². The Balaban J connectivity index is 1.46. The number of para-hydroxylation sites is 3. The number of likely N-dealkylation sites (N-methyl/N-ethyl adjacent to an activating group) is 1. The molecule has 0 bridgehead atoms. The Morgan fingerprint density at radius 2 is 1.70 bits per heavy atom. The molecule has 166 valence electrons. The third kappa shape index (κ3) is 4.00. The van der Waals surface area contributed by atoms with Crippen LogP contribution in [0.1, 0.15) is 23.7 Å². The Labute approximate surface area is 193 Å². The maximum Gasteiger partial charge on any atom is 0.246 e. The molecule has 0 aliphatic carbocycles. The number of hydrogen-bond acceptors (Lipinski definition) is 3. The molecule has 2 amide bonds. The second-order valence-electron chi connectivity index (χ2n) is 8.57. The van der Waals surface area contributed by atoms with Gasteiger partial charge in [-0.1, -0.05) is 48.0 Å². The first-order valence-electron chi connectivity index (χ1n) is 11.1. The highest BCUT2D eigenvalue weighted by Gasteiger charge is 2.35. The first-order chi connectivity index (χ1) is 16.0. The Bertz CT molecular complexity index is 1310. The molecule has 4 aromatic rings. The molecule has 1 aliphatic rings. The fourth-order valence-corrected chi connectivity index (χ4v) is 4.46. The number of hydrogen-bond donors (Lipinski definition) is 0. The maximum atomic E-state index is 13.2. The van der Waals surface area contributed by atoms with Gasteiger partial charge in [0.05, 0.1) is 11.0 Å². The van der Waals surface area contributed by atoms with Gasteiger partial charge in [0.15, 0.2) is 0 Å². The average molecular weight is 439 g/mol. The van der Waals surface area contributed by atoms with Gasteiger partial charge in [0, 0.05) is 37.3 Å². The average Bonchev–Trinajstić information content (AvgIpc) is 3.40. The van der Waals surface area contributed by atoms with Crippen molar-refractivity contribution in [2.75, 3.05) is 23.4 Å². The van der Waals surface area contributed by atoms with E-state index in [9.17, 15) is 9.59 Å². The zero-order valence-electron chi connectivity index (χ0n) is 18.8. The molecular formula is C27H26N4O2. The fraction of sp³-hybridized carbons (Fsp3) is 0.222. The first kappa shape index (κ1) is 20.9. The van der Waals surface area contributed by atoms with E-state index >= 15 is 0 Å². The number of imidazole rings is 1. The highest BCUT2D eigenvalue weighted by atomic mass is 16.2. The summed E-state index contributed by atoms with van der Waals surface area (Å²) in [7, 11) is 1.79. The topological polar surface area (TPSA) is 58.4 Å². The highest BCUT2D eigenvalue weighted by Crippen LogP contribution is 2.33. The Hall–Kier alpha value is -3.93. The number of anilines is 2. The van der Waals surface area contributed by atoms with Crippen molar-refractivity contribution in [3.8, 4) is 0 Å². The number of aromatic nitrogens is 2. The lowest BCUT2D eigenvalue weighted by Gasteiger charge is -2.20. The van der Waals surface area contributed by atoms with Crippen LogP contribution in [0.5, 0.6) is 0 Å². The largest absolute Gasteiger partial charge is 0.318 e. The summed E-state index contributed by atoms with van der Waals surface area (Å²) in [5, 5.41) is 0. The summed E-state index contributed by atoms with van der Waals surface area (Å²) in [6, 6.07) is 25.4. The lowest BCUT2D eigenvalue weighted by molar-refractivity contribution is -0.119. The van der Waals surface area contributed by atoms with Gasteiger partial charge in [-0.05, 0) is 43.3 Å². The number of benzene rings is 3. The lowest BCUT2D eigenvalue weighted by Crippen LogP contribution is -2.31. The van der Waals surface area contributed by atoms with Crippen LogP contribution in [0, 0.1) is 6.92 Å². The third-order valence-electron chi connectivity index (χ3n) is 6.33. The van der Waals surface area contributed by atoms with E-state index in [4.69, 9.17) is 4.98 Å². The van der Waals surface area contributed by atoms with Gasteiger partial charge >= 0.3 is 0 Å². The van der Waals surface area contributed by atoms with Gasteiger partial charge in [-0.3, -0.25) is 9.59 Å². The van der Waals surface area contributed by atoms with Crippen molar-refractivity contribution >= 4 is 34.2 Å². The van der Waals surface area contributed by atoms with E-state index in [0.717, 1.165) is 33.8 Å². The van der Waals surface area contributed by atoms with E-state index in [-0.39, 0.29) is 24.3 Å². The molecule has 0 spiro atoms. The molecule has 0 saturated carbocycles. The predicted molar refractivity (Wildman–Crippen MR) is 130 cm³/mol. The molecule has 33 heavy (non-hydrogen) atoms. The van der Waals surface area contributed by atoms with Gasteiger partial charge in [0.2, 0.25) is 11.8 Å². The van der Waals surface area contributed by atoms with E-state index < -0.39 is 0 Å². The highest BCUT2D eigenvalue weighted by molar-refractivity contribution is 5.97. The summed E-state index contributed by atoms with van der Waals surface area (Å²) in [4.78, 5) is 34.5. The van der Waals surface area contributed by atoms with E-state index in [0.29, 0.717) is 13.0 Å². The molecule has 0 radical (unpaired) electrons. The summed E-state index contributed by atoms with van der Waals surface area (Å²) in [6.07, 6.45) is 0.375. The summed E-state index contributed by atoms with van der Waals surface area (Å²) in [5.41, 5.74) is 4.64. The van der Waals surface area contributed by atoms with Gasteiger partial charge in [-0.15, -0.1) is 0 Å². The molecule has 6 heteroatoms. The molecule has 1 saturated heterocycles. The number of carbonyl (C=O) groups is 2. The molecule has 2 heterocycles. The fourth-order valence-electron chi connectivity index (χ4n) is 4.46. The van der Waals surface area contributed by atoms with Crippen LogP contribution in [0.25, 0.3) is 11.0 Å². The maximum absolute atomic E-state index is 13.2. The van der Waals surface area contributed by atoms with E-state index in [2.05, 4.69) is 0 Å². The van der Waals surface area contributed by atoms with Crippen LogP contribution in [0.15, 0.2) is 78.9 Å². The van der Waals surface area contributed by atoms with Crippen molar-refractivity contribution < 1.29 is 9.59 Å². The van der Waals surface area contributed by atoms with E-state index in [1.165, 1.54) is 0 Å². The normalized spacial score (nSPS) is 15.9. The Morgan fingerprint density at radius 1 is 1.00 bits per heavy atom. The molecule has 1 fully saturated rings. The number of fused-ring (bicyclic) bond motifs is 1. The van der Waals surface area contributed by atoms with Crippen molar-refractivity contribution in [1.82, 2.24) is 9.55 Å². The SMILES string of the molecule is Cc1ccc(N2C[C@@H](c3nc4ccccc4n3CC(=O)N(C)c3ccccc3)CC2=O)cc1. The van der Waals surface area contributed by atoms with Gasteiger partial charge in [-0.2, -0.15) is 0 Å². The van der Waals surface area contributed by atoms with Crippen molar-refractivity contribution in [1.29, 1.82) is 0 Å². The smallest absolute Gasteiger partial charge is 0.246 e. The molecule has 1 aliphatic heterocycles. The van der Waals surface area contributed by atoms with Gasteiger partial charge in [0.25, 0.3) is 0 Å². The van der Waals surface area contributed by atoms with Crippen LogP contribution >= 0.6 is 0 Å². The van der Waals surface area contributed by atoms with E-state index in [1.807, 2.05) is 95.3 Å². The number of aryl methyl sites for hydroxylation is 1. The van der Waals surface area contributed by atoms with Crippen LogP contribution in [-0.2, 0) is 16.1 Å². The molecular weight excluding hydrogens is 412 g/mol. The van der Waals surface area contributed by atoms with Gasteiger partial charge < -0.3 is 14.4 Å². The van der Waals surface area contributed by atoms with Crippen molar-refractivity contribution in [3.05, 3.63) is 90.3 Å². The molecule has 1 aromatic heterocycles. The monoisotopic (exact) mass is 438 g/mol. The Morgan fingerprint density at radius 3 is 2.45 bits per heavy atom. The molecule has 0 N–H and O–H groups in total. The van der Waals surface area contributed by atoms with Crippen LogP contribution < -0.4 is 9.80 Å². The second kappa shape index (κ2) is 8.54. The standard InChI is InChI=1S/C27H26N4O2/c1-19-12-14-22(15-13-19)30-17-20(16-25(30)32)27-28-23-10-6-7-11-24(23)31(27)18-26(33)29(2)21-8-4-3-5-9-21/h3-15,20H,16-18H2,1-2H3/t20-/m0/s1. The second-order valence-corrected chi connectivity index (χ2v) is 8.57. The lowest BCUT2D eigenvalue weighted by atomic mass is 10.1. The molecule has 5 rings (SSSR count). The van der Waals surface area contributed by atoms with Gasteiger partial charge in [-0.25, -0.2) is 4.98 Å². The minimum Gasteiger partial charge on any atom is -0.318 e. The minimum absolute atomic E-state index is 0.0367. The van der Waals surface area contributed by atoms with Gasteiger partial charge in [0.1, 0.15) is 12.4 Å². The molecule has 1 atom stereocenters. The number of carbonyl (C=O) groups excluding carboxylic acids is 2. The quantitative estimate of drug-likeness (QED) is 0.460. The minimum atomic E-state index is -0.0824. The van der Waals surface area contributed by atoms with Crippen LogP contribution in [0.2, 0.25) is 0 Å². The first-order valence-corrected chi connectivity index (χ1v) is 11.1. The summed E-state index contributed by atoms with van der Waals surface area (Å²) >= 11 is 0. The van der Waals surface area contributed by atoms with Crippen LogP contribution in [0.3, 0.4) is 0 Å². The van der Waals surface area contributed by atoms with Crippen LogP contribution in [0.4, 0.5) is 11.4 Å². The summed E-state index contributed by atoms with van der Waals surface area (Å²) in [6.45, 7) is 2.74. The van der Waals surface area contributed by atoms with Crippen molar-refractivity contribution in [3.63, 3.8) is 0 Å². The van der Waals surface area contributed by atoms with Crippen LogP contribution in [-0.4, -0.2) is 35.0 Å². The summed E-state index contributed by atoms with van der Waals surface area (Å²) < 4.78 is 1.98. The summed E-state index contributed by atoms with van der Waals surface area (Å²) in [5.74, 6) is 0.746. The molecule has 6 nitrogen and oxygen atoms in total. The number of amides is 2. The Kier molecular flexibility index (Phi) is 5.42. The third-order valence-corrected chi connectivity index (χ3v) is 6.33. The van der Waals surface area contributed by atoms with Crippen molar-refractivity contribution in [2.24, 2.45) is 0 Å². The number of nitrogens with zero attached hydrogens (tertiary/aromatic N) is 4. The predicted octanol–water partition coefficient (Wildman–Crippen LogP) is 4.53. The number of rotatable bonds is 5. The zero-order valence-corrected chi connectivity index (χ0v) is 18.8.